The first-order valence-electron chi connectivity index (χ1n) is 6.81. The summed E-state index contributed by atoms with van der Waals surface area (Å²) in [6, 6.07) is 12.9. The van der Waals surface area contributed by atoms with Crippen LogP contribution in [0.25, 0.3) is 0 Å². The van der Waals surface area contributed by atoms with Crippen LogP contribution in [0.3, 0.4) is 0 Å². The summed E-state index contributed by atoms with van der Waals surface area (Å²) in [6.45, 7) is 1.91. The van der Waals surface area contributed by atoms with Crippen LogP contribution in [0.4, 0.5) is 0 Å². The largest absolute Gasteiger partial charge is 0.294 e. The summed E-state index contributed by atoms with van der Waals surface area (Å²) in [5.41, 5.74) is -0.396. The number of carbonyl (C=O) groups excluding carboxylic acids is 2. The molecule has 0 aromatic heterocycles. The summed E-state index contributed by atoms with van der Waals surface area (Å²) in [7, 11) is 0. The number of amides is 2. The van der Waals surface area contributed by atoms with Gasteiger partial charge < -0.3 is 0 Å². The maximum atomic E-state index is 12.1. The van der Waals surface area contributed by atoms with Crippen molar-refractivity contribution in [3.05, 3.63) is 35.9 Å². The lowest BCUT2D eigenvalue weighted by molar-refractivity contribution is -0.141. The number of benzene rings is 1. The SMILES string of the molecule is CCCC1(c2ccccc2)[C@H](C#N)C(=O)NC(=O)[C@H]1C#N. The van der Waals surface area contributed by atoms with Crippen molar-refractivity contribution in [2.75, 3.05) is 0 Å². The van der Waals surface area contributed by atoms with Gasteiger partial charge in [-0.25, -0.2) is 0 Å². The topological polar surface area (TPSA) is 93.8 Å². The Morgan fingerprint density at radius 1 is 1.10 bits per heavy atom. The van der Waals surface area contributed by atoms with E-state index in [1.165, 1.54) is 0 Å². The lowest BCUT2D eigenvalue weighted by Gasteiger charge is -2.43. The second-order valence-electron chi connectivity index (χ2n) is 5.13. The molecule has 5 nitrogen and oxygen atoms in total. The molecule has 0 saturated carbocycles. The number of nitrogens with zero attached hydrogens (tertiary/aromatic N) is 2. The molecule has 106 valence electrons. The monoisotopic (exact) mass is 281 g/mol. The van der Waals surface area contributed by atoms with Crippen molar-refractivity contribution in [2.45, 2.75) is 25.2 Å². The van der Waals surface area contributed by atoms with E-state index in [2.05, 4.69) is 5.32 Å². The van der Waals surface area contributed by atoms with Crippen LogP contribution in [-0.4, -0.2) is 11.8 Å². The van der Waals surface area contributed by atoms with Gasteiger partial charge >= 0.3 is 0 Å². The molecule has 2 rings (SSSR count). The zero-order valence-electron chi connectivity index (χ0n) is 11.7. The Labute approximate surface area is 123 Å². The van der Waals surface area contributed by atoms with E-state index in [1.54, 1.807) is 24.3 Å². The molecule has 2 amide bonds. The molecule has 0 radical (unpaired) electrons. The zero-order valence-corrected chi connectivity index (χ0v) is 11.7. The van der Waals surface area contributed by atoms with Gasteiger partial charge in [0.1, 0.15) is 11.8 Å². The van der Waals surface area contributed by atoms with Crippen molar-refractivity contribution in [3.8, 4) is 12.1 Å². The lowest BCUT2D eigenvalue weighted by atomic mass is 9.58. The summed E-state index contributed by atoms with van der Waals surface area (Å²) in [6.07, 6.45) is 1.08. The van der Waals surface area contributed by atoms with E-state index in [0.29, 0.717) is 18.4 Å². The van der Waals surface area contributed by atoms with Crippen LogP contribution in [0.5, 0.6) is 0 Å². The van der Waals surface area contributed by atoms with Gasteiger partial charge in [0.15, 0.2) is 0 Å². The minimum absolute atomic E-state index is 0.423. The molecule has 1 aliphatic heterocycles. The second kappa shape index (κ2) is 5.76. The predicted octanol–water partition coefficient (Wildman–Crippen LogP) is 1.66. The van der Waals surface area contributed by atoms with Crippen LogP contribution in [0.1, 0.15) is 25.3 Å². The van der Waals surface area contributed by atoms with Crippen molar-refractivity contribution in [2.24, 2.45) is 11.8 Å². The highest BCUT2D eigenvalue weighted by molar-refractivity contribution is 6.04. The fourth-order valence-corrected chi connectivity index (χ4v) is 3.18. The zero-order chi connectivity index (χ0) is 15.5. The smallest absolute Gasteiger partial charge is 0.244 e. The number of nitrogens with one attached hydrogen (secondary N) is 1. The van der Waals surface area contributed by atoms with E-state index < -0.39 is 29.1 Å². The van der Waals surface area contributed by atoms with Gasteiger partial charge in [-0.05, 0) is 12.0 Å². The molecule has 0 unspecified atom stereocenters. The van der Waals surface area contributed by atoms with E-state index in [4.69, 9.17) is 0 Å². The van der Waals surface area contributed by atoms with E-state index in [-0.39, 0.29) is 0 Å². The van der Waals surface area contributed by atoms with Gasteiger partial charge in [0.25, 0.3) is 0 Å². The van der Waals surface area contributed by atoms with Crippen LogP contribution < -0.4 is 5.32 Å². The molecular formula is C16H15N3O2. The molecular weight excluding hydrogens is 266 g/mol. The summed E-state index contributed by atoms with van der Waals surface area (Å²) in [5, 5.41) is 21.0. The van der Waals surface area contributed by atoms with Crippen molar-refractivity contribution in [3.63, 3.8) is 0 Å². The number of nitriles is 2. The normalized spacial score (nSPS) is 23.8. The third-order valence-electron chi connectivity index (χ3n) is 4.03. The molecule has 1 heterocycles. The number of hydrogen-bond donors (Lipinski definition) is 1. The molecule has 0 spiro atoms. The number of piperidine rings is 1. The third kappa shape index (κ3) is 2.17. The summed E-state index contributed by atoms with van der Waals surface area (Å²) >= 11 is 0. The van der Waals surface area contributed by atoms with E-state index >= 15 is 0 Å². The fourth-order valence-electron chi connectivity index (χ4n) is 3.18. The first-order chi connectivity index (χ1) is 10.1. The Morgan fingerprint density at radius 2 is 1.62 bits per heavy atom. The van der Waals surface area contributed by atoms with Crippen molar-refractivity contribution in [1.82, 2.24) is 5.32 Å². The number of rotatable bonds is 3. The van der Waals surface area contributed by atoms with Crippen LogP contribution in [0.2, 0.25) is 0 Å². The molecule has 1 saturated heterocycles. The van der Waals surface area contributed by atoms with Crippen molar-refractivity contribution in [1.29, 1.82) is 10.5 Å². The second-order valence-corrected chi connectivity index (χ2v) is 5.13. The Hall–Kier alpha value is -2.66. The van der Waals surface area contributed by atoms with Gasteiger partial charge in [0.2, 0.25) is 11.8 Å². The molecule has 1 N–H and O–H groups in total. The first kappa shape index (κ1) is 14.7. The fraction of sp³-hybridized carbons (Fsp3) is 0.375. The average molecular weight is 281 g/mol. The molecule has 0 bridgehead atoms. The van der Waals surface area contributed by atoms with Gasteiger partial charge in [0, 0.05) is 5.41 Å². The van der Waals surface area contributed by atoms with Gasteiger partial charge in [0.05, 0.1) is 12.1 Å². The van der Waals surface area contributed by atoms with Crippen molar-refractivity contribution >= 4 is 11.8 Å². The highest BCUT2D eigenvalue weighted by Gasteiger charge is 2.56. The number of carbonyl (C=O) groups is 2. The maximum absolute atomic E-state index is 12.1. The minimum Gasteiger partial charge on any atom is -0.294 e. The van der Waals surface area contributed by atoms with Crippen LogP contribution in [0.15, 0.2) is 30.3 Å². The maximum Gasteiger partial charge on any atom is 0.244 e. The van der Waals surface area contributed by atoms with E-state index in [9.17, 15) is 20.1 Å². The molecule has 1 aliphatic rings. The standard InChI is InChI=1S/C16H15N3O2/c1-2-8-16(11-6-4-3-5-7-11)12(9-17)14(20)19-15(21)13(16)10-18/h3-7,12-13H,2,8H2,1H3,(H,19,20,21)/t12-,13-/m1/s1. The molecule has 1 fully saturated rings. The van der Waals surface area contributed by atoms with E-state index in [0.717, 1.165) is 0 Å². The highest BCUT2D eigenvalue weighted by Crippen LogP contribution is 2.45. The minimum atomic E-state index is -1.08. The van der Waals surface area contributed by atoms with Gasteiger partial charge in [-0.2, -0.15) is 10.5 Å². The lowest BCUT2D eigenvalue weighted by Crippen LogP contribution is -2.59. The Bertz CT molecular complexity index is 608. The Balaban J connectivity index is 2.73. The average Bonchev–Trinajstić information content (AvgIpc) is 2.48. The van der Waals surface area contributed by atoms with Crippen LogP contribution in [-0.2, 0) is 15.0 Å². The Kier molecular flexibility index (Phi) is 4.05. The molecule has 1 aromatic rings. The van der Waals surface area contributed by atoms with Gasteiger partial charge in [-0.1, -0.05) is 43.7 Å². The number of hydrogen-bond acceptors (Lipinski definition) is 4. The molecule has 21 heavy (non-hydrogen) atoms. The number of imide groups is 1. The van der Waals surface area contributed by atoms with Gasteiger partial charge in [-0.15, -0.1) is 0 Å². The summed E-state index contributed by atoms with van der Waals surface area (Å²) in [5.74, 6) is -3.35. The summed E-state index contributed by atoms with van der Waals surface area (Å²) in [4.78, 5) is 24.2. The molecule has 0 aliphatic carbocycles. The highest BCUT2D eigenvalue weighted by atomic mass is 16.2. The van der Waals surface area contributed by atoms with Crippen LogP contribution in [0, 0.1) is 34.5 Å². The van der Waals surface area contributed by atoms with Crippen molar-refractivity contribution < 1.29 is 9.59 Å². The van der Waals surface area contributed by atoms with E-state index in [1.807, 2.05) is 25.1 Å². The van der Waals surface area contributed by atoms with Gasteiger partial charge in [-0.3, -0.25) is 14.9 Å². The first-order valence-corrected chi connectivity index (χ1v) is 6.81. The molecule has 5 heteroatoms. The summed E-state index contributed by atoms with van der Waals surface area (Å²) < 4.78 is 0. The quantitative estimate of drug-likeness (QED) is 0.852. The molecule has 1 aromatic carbocycles. The van der Waals surface area contributed by atoms with Crippen LogP contribution >= 0.6 is 0 Å². The third-order valence-corrected chi connectivity index (χ3v) is 4.03. The Morgan fingerprint density at radius 3 is 2.05 bits per heavy atom. The molecule has 2 atom stereocenters. The predicted molar refractivity (Wildman–Crippen MR) is 74.4 cm³/mol.